The molecule has 1 aliphatic heterocycles. The van der Waals surface area contributed by atoms with Gasteiger partial charge in [-0.15, -0.1) is 0 Å². The van der Waals surface area contributed by atoms with Crippen LogP contribution in [0.4, 0.5) is 5.95 Å². The molecule has 15 nitrogen and oxygen atoms in total. The van der Waals surface area contributed by atoms with Crippen molar-refractivity contribution in [2.24, 2.45) is 0 Å². The molecule has 5 N–H and O–H groups in total. The van der Waals surface area contributed by atoms with E-state index in [-0.39, 0.29) is 0 Å². The Balaban J connectivity index is 0.000000432. The van der Waals surface area contributed by atoms with Gasteiger partial charge in [0, 0.05) is 50.5 Å². The van der Waals surface area contributed by atoms with Crippen LogP contribution in [-0.4, -0.2) is 117 Å². The van der Waals surface area contributed by atoms with Crippen LogP contribution in [0.25, 0.3) is 11.0 Å². The van der Waals surface area contributed by atoms with Crippen LogP contribution in [0.15, 0.2) is 54.6 Å². The van der Waals surface area contributed by atoms with Crippen LogP contribution in [-0.2, 0) is 30.5 Å². The maximum absolute atomic E-state index is 9.96. The highest BCUT2D eigenvalue weighted by Crippen LogP contribution is 2.32. The summed E-state index contributed by atoms with van der Waals surface area (Å²) in [7, 11) is 2.19. The molecule has 1 fully saturated rings. The summed E-state index contributed by atoms with van der Waals surface area (Å²) >= 11 is 0. The number of likely N-dealkylation sites (N-methyl/N-ethyl adjacent to an activating group) is 1. The van der Waals surface area contributed by atoms with Gasteiger partial charge in [0.25, 0.3) is 0 Å². The molecule has 2 heterocycles. The maximum atomic E-state index is 9.96. The van der Waals surface area contributed by atoms with Gasteiger partial charge < -0.3 is 49.4 Å². The lowest BCUT2D eigenvalue weighted by Crippen LogP contribution is -2.31. The highest BCUT2D eigenvalue weighted by molar-refractivity contribution is 5.90. The monoisotopic (exact) mass is 684 g/mol. The number of aromatic nitrogens is 2. The van der Waals surface area contributed by atoms with Crippen LogP contribution in [0.3, 0.4) is 0 Å². The van der Waals surface area contributed by atoms with Crippen molar-refractivity contribution < 1.29 is 54.2 Å². The van der Waals surface area contributed by atoms with Crippen LogP contribution in [0.1, 0.15) is 23.1 Å². The normalized spacial score (nSPS) is 13.3. The van der Waals surface area contributed by atoms with Gasteiger partial charge in [-0.2, -0.15) is 0 Å². The van der Waals surface area contributed by atoms with Gasteiger partial charge in [-0.1, -0.05) is 12.1 Å². The van der Waals surface area contributed by atoms with Gasteiger partial charge >= 0.3 is 23.9 Å². The topological polar surface area (TPSA) is 212 Å². The minimum atomic E-state index is -1.26. The summed E-state index contributed by atoms with van der Waals surface area (Å²) < 4.78 is 14.2. The van der Waals surface area contributed by atoms with E-state index in [0.29, 0.717) is 49.9 Å². The minimum absolute atomic E-state index is 0.313. The van der Waals surface area contributed by atoms with Gasteiger partial charge in [-0.3, -0.25) is 0 Å². The Hall–Kier alpha value is -5.41. The predicted molar refractivity (Wildman–Crippen MR) is 182 cm³/mol. The number of anilines is 1. The number of benzene rings is 2. The number of imidazole rings is 1. The molecular weight excluding hydrogens is 640 g/mol. The summed E-state index contributed by atoms with van der Waals surface area (Å²) in [5.74, 6) is -2.84. The SMILES string of the molecule is Cc1cc(O)c(C)c(C)c1OCCOCCn1c(N2CCCN(C)CC2)nc2ccccc21.O=C(O)/C=C/C(=O)O.O=C(O)/C=C/C(=O)O. The zero-order valence-corrected chi connectivity index (χ0v) is 28.0. The molecule has 1 aliphatic rings. The van der Waals surface area contributed by atoms with E-state index in [1.807, 2.05) is 26.8 Å². The summed E-state index contributed by atoms with van der Waals surface area (Å²) in [4.78, 5) is 48.0. The number of nitrogens with zero attached hydrogens (tertiary/aromatic N) is 4. The first-order valence-corrected chi connectivity index (χ1v) is 15.4. The van der Waals surface area contributed by atoms with E-state index < -0.39 is 23.9 Å². The molecule has 2 aromatic carbocycles. The highest BCUT2D eigenvalue weighted by atomic mass is 16.5. The van der Waals surface area contributed by atoms with Crippen molar-refractivity contribution >= 4 is 40.9 Å². The van der Waals surface area contributed by atoms with E-state index in [1.54, 1.807) is 6.07 Å². The molecular formula is C34H44N4O11. The third-order valence-corrected chi connectivity index (χ3v) is 7.31. The third kappa shape index (κ3) is 13.7. The van der Waals surface area contributed by atoms with Crippen LogP contribution in [0.2, 0.25) is 0 Å². The summed E-state index contributed by atoms with van der Waals surface area (Å²) in [5, 5.41) is 41.2. The molecule has 0 saturated carbocycles. The van der Waals surface area contributed by atoms with E-state index >= 15 is 0 Å². The number of fused-ring (bicyclic) bond motifs is 1. The first-order chi connectivity index (χ1) is 23.2. The predicted octanol–water partition coefficient (Wildman–Crippen LogP) is 3.33. The van der Waals surface area contributed by atoms with Crippen molar-refractivity contribution in [3.63, 3.8) is 0 Å². The molecule has 0 amide bonds. The first-order valence-electron chi connectivity index (χ1n) is 15.4. The standard InChI is InChI=1S/C26H36N4O3.2C4H4O4/c1-19-18-24(31)20(2)21(3)25(19)33-17-16-32-15-14-30-23-9-6-5-8-22(23)27-26(30)29-11-7-10-28(4)12-13-29;2*5-3(6)1-2-4(7)8/h5-6,8-9,18,31H,7,10-17H2,1-4H3;2*1-2H,(H,5,6)(H,7,8)/b;2*2-1+. The molecule has 15 heteroatoms. The fourth-order valence-electron chi connectivity index (χ4n) is 4.78. The number of phenols is 1. The molecule has 3 aromatic rings. The lowest BCUT2D eigenvalue weighted by molar-refractivity contribution is -0.134. The molecule has 0 bridgehead atoms. The van der Waals surface area contributed by atoms with Crippen LogP contribution in [0.5, 0.6) is 11.5 Å². The first kappa shape index (κ1) is 39.8. The number of carboxylic acids is 4. The Morgan fingerprint density at radius 2 is 1.39 bits per heavy atom. The summed E-state index contributed by atoms with van der Waals surface area (Å²) in [6.07, 6.45) is 3.37. The molecule has 0 spiro atoms. The van der Waals surface area contributed by atoms with Crippen molar-refractivity contribution in [2.75, 3.05) is 57.9 Å². The Bertz CT molecular complexity index is 1580. The summed E-state index contributed by atoms with van der Waals surface area (Å²) in [5.41, 5.74) is 4.95. The average molecular weight is 685 g/mol. The Labute approximate surface area is 283 Å². The van der Waals surface area contributed by atoms with Crippen molar-refractivity contribution in [3.05, 3.63) is 71.3 Å². The van der Waals surface area contributed by atoms with E-state index in [1.165, 1.54) is 0 Å². The molecule has 4 rings (SSSR count). The Morgan fingerprint density at radius 1 is 0.796 bits per heavy atom. The van der Waals surface area contributed by atoms with E-state index in [2.05, 4.69) is 39.6 Å². The van der Waals surface area contributed by atoms with E-state index in [9.17, 15) is 24.3 Å². The van der Waals surface area contributed by atoms with Gasteiger partial charge in [0.05, 0.1) is 24.2 Å². The second kappa shape index (κ2) is 20.1. The van der Waals surface area contributed by atoms with Gasteiger partial charge in [-0.05, 0) is 75.7 Å². The zero-order valence-electron chi connectivity index (χ0n) is 28.0. The molecule has 0 radical (unpaired) electrons. The van der Waals surface area contributed by atoms with Crippen LogP contribution >= 0.6 is 0 Å². The summed E-state index contributed by atoms with van der Waals surface area (Å²) in [6.45, 7) is 12.3. The number of ether oxygens (including phenoxy) is 2. The number of phenolic OH excluding ortho intramolecular Hbond substituents is 1. The largest absolute Gasteiger partial charge is 0.508 e. The minimum Gasteiger partial charge on any atom is -0.508 e. The van der Waals surface area contributed by atoms with Gasteiger partial charge in [-0.25, -0.2) is 24.2 Å². The van der Waals surface area contributed by atoms with E-state index in [0.717, 1.165) is 78.6 Å². The molecule has 49 heavy (non-hydrogen) atoms. The van der Waals surface area contributed by atoms with Crippen molar-refractivity contribution in [3.8, 4) is 11.5 Å². The second-order valence-corrected chi connectivity index (χ2v) is 11.0. The zero-order chi connectivity index (χ0) is 36.5. The number of aromatic hydroxyl groups is 1. The number of carboxylic acid groups (broad SMARTS) is 4. The number of rotatable bonds is 12. The van der Waals surface area contributed by atoms with Gasteiger partial charge in [0.15, 0.2) is 0 Å². The lowest BCUT2D eigenvalue weighted by Gasteiger charge is -2.23. The molecule has 0 aliphatic carbocycles. The Morgan fingerprint density at radius 3 is 1.98 bits per heavy atom. The summed E-state index contributed by atoms with van der Waals surface area (Å²) in [6, 6.07) is 10.1. The molecule has 266 valence electrons. The number of aryl methyl sites for hydroxylation is 1. The molecule has 0 atom stereocenters. The number of hydrogen-bond donors (Lipinski definition) is 5. The van der Waals surface area contributed by atoms with Gasteiger partial charge in [0.2, 0.25) is 5.95 Å². The number of para-hydroxylation sites is 2. The maximum Gasteiger partial charge on any atom is 0.328 e. The van der Waals surface area contributed by atoms with Gasteiger partial charge in [0.1, 0.15) is 18.1 Å². The van der Waals surface area contributed by atoms with Crippen molar-refractivity contribution in [1.82, 2.24) is 14.5 Å². The fraction of sp³-hybridized carbons (Fsp3) is 0.382. The third-order valence-electron chi connectivity index (χ3n) is 7.31. The molecule has 0 unspecified atom stereocenters. The van der Waals surface area contributed by atoms with Crippen LogP contribution < -0.4 is 9.64 Å². The highest BCUT2D eigenvalue weighted by Gasteiger charge is 2.19. The van der Waals surface area contributed by atoms with Crippen LogP contribution in [0, 0.1) is 20.8 Å². The number of carbonyl (C=O) groups is 4. The van der Waals surface area contributed by atoms with Crippen molar-refractivity contribution in [2.45, 2.75) is 33.7 Å². The Kier molecular flexibility index (Phi) is 16.3. The lowest BCUT2D eigenvalue weighted by atomic mass is 10.0. The number of aliphatic carboxylic acids is 4. The number of hydrogen-bond acceptors (Lipinski definition) is 10. The quantitative estimate of drug-likeness (QED) is 0.137. The molecule has 1 saturated heterocycles. The average Bonchev–Trinajstić information content (AvgIpc) is 3.27. The second-order valence-electron chi connectivity index (χ2n) is 11.0. The van der Waals surface area contributed by atoms with E-state index in [4.69, 9.17) is 34.9 Å². The fourth-order valence-corrected chi connectivity index (χ4v) is 4.78. The molecule has 1 aromatic heterocycles. The van der Waals surface area contributed by atoms with Crippen molar-refractivity contribution in [1.29, 1.82) is 0 Å². The smallest absolute Gasteiger partial charge is 0.328 e.